The number of amides is 2. The van der Waals surface area contributed by atoms with Gasteiger partial charge in [-0.1, -0.05) is 12.8 Å². The van der Waals surface area contributed by atoms with E-state index in [2.05, 4.69) is 6.92 Å². The number of carbonyl (C=O) groups is 2. The summed E-state index contributed by atoms with van der Waals surface area (Å²) in [7, 11) is 0. The third-order valence-electron chi connectivity index (χ3n) is 3.64. The van der Waals surface area contributed by atoms with Crippen molar-refractivity contribution in [1.82, 2.24) is 5.01 Å². The zero-order valence-corrected chi connectivity index (χ0v) is 15.6. The smallest absolute Gasteiger partial charge is 0.258 e. The topological polar surface area (TPSA) is 40.6 Å². The summed E-state index contributed by atoms with van der Waals surface area (Å²) in [5, 5.41) is 2.85. The van der Waals surface area contributed by atoms with E-state index in [9.17, 15) is 14.0 Å². The Bertz CT molecular complexity index is 521. The number of hydrazine groups is 1. The van der Waals surface area contributed by atoms with Crippen LogP contribution < -0.4 is 5.01 Å². The molecule has 0 aromatic heterocycles. The van der Waals surface area contributed by atoms with E-state index in [1.807, 2.05) is 0 Å². The molecule has 117 valence electrons. The summed E-state index contributed by atoms with van der Waals surface area (Å²) in [5.74, 6) is -1.50. The van der Waals surface area contributed by atoms with Crippen molar-refractivity contribution in [2.45, 2.75) is 32.6 Å². The van der Waals surface area contributed by atoms with E-state index in [0.717, 1.165) is 25.7 Å². The van der Waals surface area contributed by atoms with E-state index in [1.54, 1.807) is 6.92 Å². The maximum absolute atomic E-state index is 13.0. The van der Waals surface area contributed by atoms with Gasteiger partial charge in [-0.15, -0.1) is 0 Å². The van der Waals surface area contributed by atoms with Gasteiger partial charge in [-0.2, -0.15) is 6.42 Å². The zero-order valence-electron chi connectivity index (χ0n) is 12.8. The molecule has 0 N–H and O–H groups in total. The number of halogens is 1. The van der Waals surface area contributed by atoms with Crippen LogP contribution >= 0.6 is 0 Å². The van der Waals surface area contributed by atoms with Crippen LogP contribution in [0.1, 0.15) is 32.6 Å². The Hall–Kier alpha value is -0.806. The molecule has 2 amide bonds. The van der Waals surface area contributed by atoms with E-state index in [0.29, 0.717) is 12.2 Å². The molecule has 1 fully saturated rings. The molecular formula is C16H20FN2O2Y-. The van der Waals surface area contributed by atoms with Crippen molar-refractivity contribution in [1.29, 1.82) is 0 Å². The molecule has 1 unspecified atom stereocenters. The molecule has 1 saturated heterocycles. The summed E-state index contributed by atoms with van der Waals surface area (Å²) in [6.07, 6.45) is 3.65. The van der Waals surface area contributed by atoms with Gasteiger partial charge < -0.3 is 6.92 Å². The maximum atomic E-state index is 13.0. The quantitative estimate of drug-likeness (QED) is 0.433. The molecule has 1 aromatic rings. The van der Waals surface area contributed by atoms with E-state index < -0.39 is 5.92 Å². The van der Waals surface area contributed by atoms with Crippen LogP contribution in [0.15, 0.2) is 24.3 Å². The molecular weight excluding hydrogens is 360 g/mol. The van der Waals surface area contributed by atoms with Gasteiger partial charge in [0.05, 0.1) is 5.69 Å². The predicted octanol–water partition coefficient (Wildman–Crippen LogP) is 2.94. The van der Waals surface area contributed by atoms with Crippen LogP contribution in [0.25, 0.3) is 0 Å². The summed E-state index contributed by atoms with van der Waals surface area (Å²) in [6.45, 7) is 5.88. The molecule has 1 aliphatic rings. The summed E-state index contributed by atoms with van der Waals surface area (Å²) in [4.78, 5) is 24.5. The van der Waals surface area contributed by atoms with Crippen LogP contribution in [0.5, 0.6) is 0 Å². The molecule has 0 bridgehead atoms. The molecule has 0 spiro atoms. The van der Waals surface area contributed by atoms with Crippen molar-refractivity contribution in [2.24, 2.45) is 5.92 Å². The molecule has 1 aliphatic heterocycles. The fourth-order valence-electron chi connectivity index (χ4n) is 2.40. The second-order valence-electron chi connectivity index (χ2n) is 5.22. The molecule has 22 heavy (non-hydrogen) atoms. The van der Waals surface area contributed by atoms with Crippen LogP contribution in [0.2, 0.25) is 0 Å². The van der Waals surface area contributed by atoms with Crippen molar-refractivity contribution in [3.63, 3.8) is 0 Å². The molecule has 1 aromatic carbocycles. The number of benzene rings is 1. The van der Waals surface area contributed by atoms with Crippen molar-refractivity contribution in [3.8, 4) is 0 Å². The van der Waals surface area contributed by atoms with Crippen molar-refractivity contribution in [3.05, 3.63) is 37.0 Å². The molecule has 1 atom stereocenters. The monoisotopic (exact) mass is 380 g/mol. The van der Waals surface area contributed by atoms with Gasteiger partial charge in [0.25, 0.3) is 11.8 Å². The predicted molar refractivity (Wildman–Crippen MR) is 78.6 cm³/mol. The van der Waals surface area contributed by atoms with Crippen LogP contribution in [0.3, 0.4) is 0 Å². The SMILES string of the molecule is [CH2-]CCCCCN1C(=O)C(C)C(=O)N1c1ccc(F)cc1.[Y]. The van der Waals surface area contributed by atoms with Gasteiger partial charge in [0.15, 0.2) is 0 Å². The van der Waals surface area contributed by atoms with E-state index in [-0.39, 0.29) is 50.3 Å². The Kier molecular flexibility index (Phi) is 7.63. The number of hydrogen-bond donors (Lipinski definition) is 0. The molecule has 4 nitrogen and oxygen atoms in total. The van der Waals surface area contributed by atoms with Gasteiger partial charge in [-0.25, -0.2) is 14.4 Å². The molecule has 6 heteroatoms. The molecule has 2 rings (SSSR count). The van der Waals surface area contributed by atoms with Crippen molar-refractivity contribution in [2.75, 3.05) is 11.6 Å². The summed E-state index contributed by atoms with van der Waals surface area (Å²) in [6, 6.07) is 5.61. The van der Waals surface area contributed by atoms with Gasteiger partial charge in [0.2, 0.25) is 0 Å². The van der Waals surface area contributed by atoms with Gasteiger partial charge in [0, 0.05) is 39.3 Å². The van der Waals surface area contributed by atoms with Gasteiger partial charge in [0.1, 0.15) is 11.7 Å². The molecule has 1 radical (unpaired) electrons. The first-order chi connectivity index (χ1) is 10.1. The molecule has 0 saturated carbocycles. The number of rotatable bonds is 6. The minimum absolute atomic E-state index is 0. The van der Waals surface area contributed by atoms with Crippen LogP contribution in [0, 0.1) is 18.7 Å². The minimum Gasteiger partial charge on any atom is -0.343 e. The van der Waals surface area contributed by atoms with Gasteiger partial charge in [-0.05, 0) is 37.6 Å². The number of unbranched alkanes of at least 4 members (excludes halogenated alkanes) is 3. The third kappa shape index (κ3) is 4.14. The Morgan fingerprint density at radius 1 is 1.09 bits per heavy atom. The first-order valence-corrected chi connectivity index (χ1v) is 7.26. The number of carbonyl (C=O) groups excluding carboxylic acids is 2. The van der Waals surface area contributed by atoms with Crippen LogP contribution in [-0.4, -0.2) is 23.4 Å². The van der Waals surface area contributed by atoms with Crippen LogP contribution in [-0.2, 0) is 42.3 Å². The number of hydrogen-bond acceptors (Lipinski definition) is 2. The summed E-state index contributed by atoms with van der Waals surface area (Å²) in [5.41, 5.74) is 0.524. The molecule has 1 heterocycles. The largest absolute Gasteiger partial charge is 0.343 e. The van der Waals surface area contributed by atoms with E-state index in [4.69, 9.17) is 0 Å². The second-order valence-corrected chi connectivity index (χ2v) is 5.22. The number of anilines is 1. The van der Waals surface area contributed by atoms with Crippen molar-refractivity contribution < 1.29 is 46.7 Å². The Labute approximate surface area is 155 Å². The fraction of sp³-hybridized carbons (Fsp3) is 0.438. The Morgan fingerprint density at radius 2 is 1.73 bits per heavy atom. The molecule has 0 aliphatic carbocycles. The van der Waals surface area contributed by atoms with Gasteiger partial charge >= 0.3 is 0 Å². The fourth-order valence-corrected chi connectivity index (χ4v) is 2.40. The first-order valence-electron chi connectivity index (χ1n) is 7.26. The van der Waals surface area contributed by atoms with E-state index in [1.165, 1.54) is 34.3 Å². The first kappa shape index (κ1) is 19.2. The average Bonchev–Trinajstić information content (AvgIpc) is 2.69. The van der Waals surface area contributed by atoms with Crippen LogP contribution in [0.4, 0.5) is 10.1 Å². The number of nitrogens with zero attached hydrogens (tertiary/aromatic N) is 2. The summed E-state index contributed by atoms with van der Waals surface area (Å²) < 4.78 is 13.0. The van der Waals surface area contributed by atoms with E-state index >= 15 is 0 Å². The van der Waals surface area contributed by atoms with Gasteiger partial charge in [-0.3, -0.25) is 9.59 Å². The third-order valence-corrected chi connectivity index (χ3v) is 3.64. The summed E-state index contributed by atoms with van der Waals surface area (Å²) >= 11 is 0. The average molecular weight is 380 g/mol. The van der Waals surface area contributed by atoms with Crippen molar-refractivity contribution >= 4 is 17.5 Å². The Morgan fingerprint density at radius 3 is 2.32 bits per heavy atom. The Balaban J connectivity index is 0.00000242. The minimum atomic E-state index is -0.678. The maximum Gasteiger partial charge on any atom is 0.258 e. The second kappa shape index (κ2) is 8.73. The normalized spacial score (nSPS) is 17.9. The standard InChI is InChI=1S/C16H20FN2O2.Y/c1-3-4-5-6-11-18-15(20)12(2)16(21)19(18)14-9-7-13(17)8-10-14;/h7-10,12H,1,3-6,11H2,2H3;/q-1;. The zero-order chi connectivity index (χ0) is 15.4.